The summed E-state index contributed by atoms with van der Waals surface area (Å²) in [6.45, 7) is 2.11. The molecule has 1 amide bonds. The molecule has 4 rings (SSSR count). The fourth-order valence-corrected chi connectivity index (χ4v) is 4.27. The number of hydrogen-bond donors (Lipinski definition) is 0. The largest absolute Gasteiger partial charge is 0.350 e. The number of benzene rings is 2. The Labute approximate surface area is 163 Å². The predicted octanol–water partition coefficient (Wildman–Crippen LogP) is 4.97. The molecule has 2 aromatic carbocycles. The number of fused-ring (bicyclic) bond motifs is 1. The second-order valence-corrected chi connectivity index (χ2v) is 7.57. The van der Waals surface area contributed by atoms with Crippen molar-refractivity contribution in [3.63, 3.8) is 0 Å². The number of para-hydroxylation sites is 2. The highest BCUT2D eigenvalue weighted by Gasteiger charge is 2.30. The lowest BCUT2D eigenvalue weighted by molar-refractivity contribution is -0.121. The van der Waals surface area contributed by atoms with Crippen molar-refractivity contribution in [2.24, 2.45) is 12.0 Å². The third kappa shape index (κ3) is 3.19. The van der Waals surface area contributed by atoms with Gasteiger partial charge in [-0.25, -0.2) is 4.99 Å². The number of thioether (sulfide) groups is 1. The number of likely N-dealkylation sites (N-methyl/N-ethyl adjacent to an activating group) is 1. The summed E-state index contributed by atoms with van der Waals surface area (Å²) in [5.74, 6) is -0.0133. The Hall–Kier alpha value is -2.79. The summed E-state index contributed by atoms with van der Waals surface area (Å²) in [7, 11) is 3.81. The van der Waals surface area contributed by atoms with E-state index in [4.69, 9.17) is 4.99 Å². The highest BCUT2D eigenvalue weighted by Crippen LogP contribution is 2.35. The summed E-state index contributed by atoms with van der Waals surface area (Å²) in [6, 6.07) is 16.3. The molecule has 1 saturated heterocycles. The van der Waals surface area contributed by atoms with Crippen LogP contribution in [-0.4, -0.2) is 27.6 Å². The third-order valence-electron chi connectivity index (χ3n) is 4.81. The molecule has 0 N–H and O–H groups in total. The topological polar surface area (TPSA) is 37.6 Å². The molecule has 0 saturated carbocycles. The number of carbonyl (C=O) groups excluding carboxylic acids is 1. The average molecular weight is 375 g/mol. The van der Waals surface area contributed by atoms with Gasteiger partial charge in [0.1, 0.15) is 0 Å². The number of aliphatic imine (C=N–C) groups is 1. The molecular formula is C22H21N3OS. The van der Waals surface area contributed by atoms with Gasteiger partial charge in [-0.1, -0.05) is 43.3 Å². The van der Waals surface area contributed by atoms with Gasteiger partial charge in [-0.05, 0) is 42.0 Å². The summed E-state index contributed by atoms with van der Waals surface area (Å²) in [4.78, 5) is 19.8. The first kappa shape index (κ1) is 17.6. The van der Waals surface area contributed by atoms with E-state index in [2.05, 4.69) is 35.9 Å². The molecule has 0 unspecified atom stereocenters. The summed E-state index contributed by atoms with van der Waals surface area (Å²) in [5.41, 5.74) is 4.30. The molecule has 0 bridgehead atoms. The number of nitrogens with zero attached hydrogens (tertiary/aromatic N) is 3. The van der Waals surface area contributed by atoms with Gasteiger partial charge in [0.2, 0.25) is 0 Å². The highest BCUT2D eigenvalue weighted by molar-refractivity contribution is 8.18. The van der Waals surface area contributed by atoms with Crippen molar-refractivity contribution >= 4 is 45.5 Å². The molecule has 27 heavy (non-hydrogen) atoms. The molecule has 1 aliphatic rings. The van der Waals surface area contributed by atoms with E-state index in [9.17, 15) is 4.79 Å². The Balaban J connectivity index is 1.72. The van der Waals surface area contributed by atoms with Gasteiger partial charge in [-0.2, -0.15) is 0 Å². The SMILES string of the molecule is CCc1ccccc1N=C1S/C(=C/c2cn(C)c3ccccc23)C(=O)N1C. The molecule has 1 aromatic heterocycles. The fourth-order valence-electron chi connectivity index (χ4n) is 3.30. The van der Waals surface area contributed by atoms with Crippen LogP contribution >= 0.6 is 11.8 Å². The van der Waals surface area contributed by atoms with E-state index in [1.54, 1.807) is 11.9 Å². The Morgan fingerprint density at radius 3 is 2.63 bits per heavy atom. The summed E-state index contributed by atoms with van der Waals surface area (Å²) < 4.78 is 2.09. The number of aromatic nitrogens is 1. The Bertz CT molecular complexity index is 1090. The maximum atomic E-state index is 12.8. The van der Waals surface area contributed by atoms with Gasteiger partial charge in [0.15, 0.2) is 5.17 Å². The van der Waals surface area contributed by atoms with Gasteiger partial charge in [0.25, 0.3) is 5.91 Å². The number of aryl methyl sites for hydroxylation is 2. The lowest BCUT2D eigenvalue weighted by Crippen LogP contribution is -2.23. The van der Waals surface area contributed by atoms with Crippen LogP contribution in [0.2, 0.25) is 0 Å². The lowest BCUT2D eigenvalue weighted by atomic mass is 10.1. The van der Waals surface area contributed by atoms with Crippen LogP contribution in [0, 0.1) is 0 Å². The quantitative estimate of drug-likeness (QED) is 0.606. The number of amidine groups is 1. The van der Waals surface area contributed by atoms with E-state index >= 15 is 0 Å². The molecule has 0 spiro atoms. The molecule has 1 fully saturated rings. The van der Waals surface area contributed by atoms with Gasteiger partial charge >= 0.3 is 0 Å². The van der Waals surface area contributed by atoms with Crippen molar-refractivity contribution in [2.45, 2.75) is 13.3 Å². The smallest absolute Gasteiger partial charge is 0.266 e. The molecule has 0 aliphatic carbocycles. The Morgan fingerprint density at radius 1 is 1.07 bits per heavy atom. The van der Waals surface area contributed by atoms with Crippen LogP contribution in [0.3, 0.4) is 0 Å². The maximum Gasteiger partial charge on any atom is 0.266 e. The summed E-state index contributed by atoms with van der Waals surface area (Å²) in [5, 5.41) is 1.86. The number of carbonyl (C=O) groups is 1. The van der Waals surface area contributed by atoms with Gasteiger partial charge in [-0.3, -0.25) is 9.69 Å². The van der Waals surface area contributed by atoms with Crippen LogP contribution in [0.25, 0.3) is 17.0 Å². The standard InChI is InChI=1S/C22H21N3OS/c1-4-15-9-5-7-11-18(15)23-22-25(3)21(26)20(27-22)13-16-14-24(2)19-12-8-6-10-17(16)19/h5-14H,4H2,1-3H3/b20-13+,23-22?. The van der Waals surface area contributed by atoms with Gasteiger partial charge in [0.05, 0.1) is 10.6 Å². The molecule has 0 radical (unpaired) electrons. The lowest BCUT2D eigenvalue weighted by Gasteiger charge is -2.08. The molecular weight excluding hydrogens is 354 g/mol. The Morgan fingerprint density at radius 2 is 1.81 bits per heavy atom. The first-order valence-corrected chi connectivity index (χ1v) is 9.78. The first-order valence-electron chi connectivity index (χ1n) is 8.96. The van der Waals surface area contributed by atoms with E-state index in [1.165, 1.54) is 17.3 Å². The van der Waals surface area contributed by atoms with Crippen molar-refractivity contribution in [2.75, 3.05) is 7.05 Å². The van der Waals surface area contributed by atoms with Crippen LogP contribution in [0.1, 0.15) is 18.1 Å². The van der Waals surface area contributed by atoms with Crippen molar-refractivity contribution in [1.29, 1.82) is 0 Å². The molecule has 1 aliphatic heterocycles. The molecule has 4 nitrogen and oxygen atoms in total. The van der Waals surface area contributed by atoms with E-state index < -0.39 is 0 Å². The fraction of sp³-hybridized carbons (Fsp3) is 0.182. The van der Waals surface area contributed by atoms with Crippen molar-refractivity contribution in [3.8, 4) is 0 Å². The zero-order valence-corrected chi connectivity index (χ0v) is 16.5. The van der Waals surface area contributed by atoms with Crippen molar-refractivity contribution in [3.05, 3.63) is 70.8 Å². The zero-order chi connectivity index (χ0) is 19.0. The molecule has 2 heterocycles. The summed E-state index contributed by atoms with van der Waals surface area (Å²) in [6.07, 6.45) is 4.95. The Kier molecular flexibility index (Phi) is 4.62. The van der Waals surface area contributed by atoms with E-state index in [0.717, 1.165) is 28.6 Å². The highest BCUT2D eigenvalue weighted by atomic mass is 32.2. The van der Waals surface area contributed by atoms with Gasteiger partial charge in [-0.15, -0.1) is 0 Å². The minimum Gasteiger partial charge on any atom is -0.350 e. The number of hydrogen-bond acceptors (Lipinski definition) is 3. The van der Waals surface area contributed by atoms with E-state index in [-0.39, 0.29) is 5.91 Å². The minimum atomic E-state index is -0.0133. The second kappa shape index (κ2) is 7.08. The maximum absolute atomic E-state index is 12.8. The molecule has 0 atom stereocenters. The van der Waals surface area contributed by atoms with Crippen LogP contribution in [-0.2, 0) is 18.3 Å². The van der Waals surface area contributed by atoms with Gasteiger partial charge < -0.3 is 4.57 Å². The first-order chi connectivity index (χ1) is 13.1. The number of amides is 1. The number of rotatable bonds is 3. The van der Waals surface area contributed by atoms with Crippen molar-refractivity contribution in [1.82, 2.24) is 9.47 Å². The van der Waals surface area contributed by atoms with Gasteiger partial charge in [0, 0.05) is 36.8 Å². The third-order valence-corrected chi connectivity index (χ3v) is 5.87. The molecule has 3 aromatic rings. The summed E-state index contributed by atoms with van der Waals surface area (Å²) >= 11 is 1.43. The predicted molar refractivity (Wildman–Crippen MR) is 114 cm³/mol. The molecule has 5 heteroatoms. The average Bonchev–Trinajstić information content (AvgIpc) is 3.14. The van der Waals surface area contributed by atoms with Crippen LogP contribution in [0.4, 0.5) is 5.69 Å². The minimum absolute atomic E-state index is 0.0133. The monoisotopic (exact) mass is 375 g/mol. The van der Waals surface area contributed by atoms with E-state index in [1.807, 2.05) is 43.5 Å². The van der Waals surface area contributed by atoms with Crippen LogP contribution in [0.5, 0.6) is 0 Å². The molecule has 136 valence electrons. The van der Waals surface area contributed by atoms with Crippen LogP contribution in [0.15, 0.2) is 64.6 Å². The van der Waals surface area contributed by atoms with E-state index in [0.29, 0.717) is 10.1 Å². The van der Waals surface area contributed by atoms with Crippen molar-refractivity contribution < 1.29 is 4.79 Å². The zero-order valence-electron chi connectivity index (χ0n) is 15.6. The normalized spacial score (nSPS) is 17.6. The van der Waals surface area contributed by atoms with Crippen LogP contribution < -0.4 is 0 Å². The second-order valence-electron chi connectivity index (χ2n) is 6.56.